The molecule has 1 aliphatic rings. The average molecular weight is 198 g/mol. The molecule has 0 spiro atoms. The highest BCUT2D eigenvalue weighted by Crippen LogP contribution is 2.37. The molecule has 1 rings (SSSR count). The van der Waals surface area contributed by atoms with Gasteiger partial charge in [-0.25, -0.2) is 0 Å². The molecule has 80 valence electrons. The zero-order valence-corrected chi connectivity index (χ0v) is 8.96. The molecule has 4 heteroatoms. The topological polar surface area (TPSA) is 58.2 Å². The minimum Gasteiger partial charge on any atom is -0.355 e. The highest BCUT2D eigenvalue weighted by atomic mass is 16.2. The van der Waals surface area contributed by atoms with Gasteiger partial charge < -0.3 is 10.6 Å². The molecule has 0 saturated heterocycles. The molecule has 0 heterocycles. The fourth-order valence-electron chi connectivity index (χ4n) is 1.40. The quantitative estimate of drug-likeness (QED) is 0.682. The van der Waals surface area contributed by atoms with Gasteiger partial charge in [0.1, 0.15) is 6.04 Å². The zero-order chi connectivity index (χ0) is 10.7. The van der Waals surface area contributed by atoms with Gasteiger partial charge in [0.25, 0.3) is 0 Å². The lowest BCUT2D eigenvalue weighted by Gasteiger charge is -2.12. The molecule has 2 amide bonds. The number of hydrogen-bond donors (Lipinski definition) is 2. The zero-order valence-electron chi connectivity index (χ0n) is 8.96. The van der Waals surface area contributed by atoms with Gasteiger partial charge in [0.15, 0.2) is 0 Å². The SMILES string of the molecule is CCNC(=O)[C@H](C)NC(=O)[C@H]1C[C@@H]1C. The van der Waals surface area contributed by atoms with Gasteiger partial charge in [0.2, 0.25) is 11.8 Å². The van der Waals surface area contributed by atoms with Crippen LogP contribution in [0.25, 0.3) is 0 Å². The van der Waals surface area contributed by atoms with Gasteiger partial charge >= 0.3 is 0 Å². The second-order valence-electron chi connectivity index (χ2n) is 3.94. The van der Waals surface area contributed by atoms with Crippen LogP contribution < -0.4 is 10.6 Å². The van der Waals surface area contributed by atoms with Crippen molar-refractivity contribution in [3.8, 4) is 0 Å². The van der Waals surface area contributed by atoms with Crippen molar-refractivity contribution in [3.05, 3.63) is 0 Å². The van der Waals surface area contributed by atoms with Gasteiger partial charge in [-0.2, -0.15) is 0 Å². The lowest BCUT2D eigenvalue weighted by Crippen LogP contribution is -2.45. The van der Waals surface area contributed by atoms with Crippen LogP contribution in [0.15, 0.2) is 0 Å². The van der Waals surface area contributed by atoms with Crippen LogP contribution in [0.4, 0.5) is 0 Å². The Morgan fingerprint density at radius 2 is 2.07 bits per heavy atom. The van der Waals surface area contributed by atoms with Crippen LogP contribution in [0.3, 0.4) is 0 Å². The van der Waals surface area contributed by atoms with Crippen LogP contribution >= 0.6 is 0 Å². The van der Waals surface area contributed by atoms with Gasteiger partial charge in [-0.3, -0.25) is 9.59 Å². The molecule has 0 aromatic heterocycles. The Balaban J connectivity index is 2.29. The Morgan fingerprint density at radius 3 is 2.50 bits per heavy atom. The Kier molecular flexibility index (Phi) is 3.49. The Bertz CT molecular complexity index is 240. The maximum atomic E-state index is 11.4. The predicted molar refractivity (Wildman–Crippen MR) is 53.6 cm³/mol. The standard InChI is InChI=1S/C10H18N2O2/c1-4-11-9(13)7(3)12-10(14)8-5-6(8)2/h6-8H,4-5H2,1-3H3,(H,11,13)(H,12,14)/t6-,7-,8-/m0/s1. The van der Waals surface area contributed by atoms with Gasteiger partial charge in [-0.05, 0) is 26.2 Å². The summed E-state index contributed by atoms with van der Waals surface area (Å²) in [5.74, 6) is 0.508. The minimum atomic E-state index is -0.421. The molecule has 0 radical (unpaired) electrons. The lowest BCUT2D eigenvalue weighted by atomic mass is 10.2. The molecule has 0 unspecified atom stereocenters. The first-order valence-corrected chi connectivity index (χ1v) is 5.14. The number of likely N-dealkylation sites (N-methyl/N-ethyl adjacent to an activating group) is 1. The Hall–Kier alpha value is -1.06. The first kappa shape index (κ1) is 11.0. The number of rotatable bonds is 4. The minimum absolute atomic E-state index is 0.0104. The summed E-state index contributed by atoms with van der Waals surface area (Å²) in [6, 6.07) is -0.421. The Morgan fingerprint density at radius 1 is 1.50 bits per heavy atom. The van der Waals surface area contributed by atoms with Crippen molar-refractivity contribution in [2.24, 2.45) is 11.8 Å². The molecule has 0 bridgehead atoms. The van der Waals surface area contributed by atoms with Gasteiger partial charge in [0.05, 0.1) is 0 Å². The van der Waals surface area contributed by atoms with Crippen LogP contribution in [-0.2, 0) is 9.59 Å². The van der Waals surface area contributed by atoms with E-state index >= 15 is 0 Å². The smallest absolute Gasteiger partial charge is 0.242 e. The van der Waals surface area contributed by atoms with Crippen LogP contribution in [0.5, 0.6) is 0 Å². The van der Waals surface area contributed by atoms with E-state index in [1.807, 2.05) is 13.8 Å². The number of hydrogen-bond acceptors (Lipinski definition) is 2. The van der Waals surface area contributed by atoms with Crippen molar-refractivity contribution in [1.82, 2.24) is 10.6 Å². The van der Waals surface area contributed by atoms with Gasteiger partial charge in [-0.1, -0.05) is 6.92 Å². The second kappa shape index (κ2) is 4.44. The number of carbonyl (C=O) groups is 2. The summed E-state index contributed by atoms with van der Waals surface area (Å²) in [7, 11) is 0. The van der Waals surface area contributed by atoms with Gasteiger partial charge in [-0.15, -0.1) is 0 Å². The molecule has 1 fully saturated rings. The molecule has 0 aromatic rings. The molecule has 2 N–H and O–H groups in total. The van der Waals surface area contributed by atoms with E-state index in [0.29, 0.717) is 12.5 Å². The van der Waals surface area contributed by atoms with Crippen LogP contribution in [0.1, 0.15) is 27.2 Å². The number of amides is 2. The molecule has 1 saturated carbocycles. The summed E-state index contributed by atoms with van der Waals surface area (Å²) in [5, 5.41) is 5.37. The van der Waals surface area contributed by atoms with Crippen LogP contribution in [-0.4, -0.2) is 24.4 Å². The van der Waals surface area contributed by atoms with Gasteiger partial charge in [0, 0.05) is 12.5 Å². The first-order chi connectivity index (χ1) is 6.56. The summed E-state index contributed by atoms with van der Waals surface area (Å²) in [6.07, 6.45) is 0.952. The monoisotopic (exact) mass is 198 g/mol. The van der Waals surface area contributed by atoms with E-state index in [4.69, 9.17) is 0 Å². The van der Waals surface area contributed by atoms with Crippen molar-refractivity contribution in [1.29, 1.82) is 0 Å². The largest absolute Gasteiger partial charge is 0.355 e. The van der Waals surface area contributed by atoms with E-state index in [-0.39, 0.29) is 17.7 Å². The van der Waals surface area contributed by atoms with E-state index < -0.39 is 6.04 Å². The molecule has 0 aromatic carbocycles. The first-order valence-electron chi connectivity index (χ1n) is 5.14. The number of nitrogens with one attached hydrogen (secondary N) is 2. The third-order valence-electron chi connectivity index (χ3n) is 2.55. The molecule has 0 aliphatic heterocycles. The highest BCUT2D eigenvalue weighted by Gasteiger charge is 2.39. The van der Waals surface area contributed by atoms with E-state index in [1.165, 1.54) is 0 Å². The number of carbonyl (C=O) groups excluding carboxylic acids is 2. The molecule has 4 nitrogen and oxygen atoms in total. The maximum absolute atomic E-state index is 11.4. The molecule has 3 atom stereocenters. The normalized spacial score (nSPS) is 26.5. The summed E-state index contributed by atoms with van der Waals surface area (Å²) in [5.41, 5.74) is 0. The summed E-state index contributed by atoms with van der Waals surface area (Å²) in [6.45, 7) is 6.20. The molecular weight excluding hydrogens is 180 g/mol. The molecular formula is C10H18N2O2. The summed E-state index contributed by atoms with van der Waals surface area (Å²) >= 11 is 0. The molecule has 1 aliphatic carbocycles. The second-order valence-corrected chi connectivity index (χ2v) is 3.94. The van der Waals surface area contributed by atoms with Crippen LogP contribution in [0, 0.1) is 11.8 Å². The Labute approximate surface area is 84.4 Å². The van der Waals surface area contributed by atoms with Crippen molar-refractivity contribution < 1.29 is 9.59 Å². The third-order valence-corrected chi connectivity index (χ3v) is 2.55. The van der Waals surface area contributed by atoms with E-state index in [0.717, 1.165) is 6.42 Å². The highest BCUT2D eigenvalue weighted by molar-refractivity contribution is 5.89. The molecule has 14 heavy (non-hydrogen) atoms. The van der Waals surface area contributed by atoms with Crippen LogP contribution in [0.2, 0.25) is 0 Å². The summed E-state index contributed by atoms with van der Waals surface area (Å²) < 4.78 is 0. The van der Waals surface area contributed by atoms with Crippen molar-refractivity contribution in [2.75, 3.05) is 6.54 Å². The lowest BCUT2D eigenvalue weighted by molar-refractivity contribution is -0.129. The van der Waals surface area contributed by atoms with Crippen molar-refractivity contribution in [3.63, 3.8) is 0 Å². The fourth-order valence-corrected chi connectivity index (χ4v) is 1.40. The fraction of sp³-hybridized carbons (Fsp3) is 0.800. The maximum Gasteiger partial charge on any atom is 0.242 e. The van der Waals surface area contributed by atoms with Crippen molar-refractivity contribution >= 4 is 11.8 Å². The van der Waals surface area contributed by atoms with E-state index in [2.05, 4.69) is 10.6 Å². The van der Waals surface area contributed by atoms with E-state index in [9.17, 15) is 9.59 Å². The third kappa shape index (κ3) is 2.72. The van der Waals surface area contributed by atoms with Crippen molar-refractivity contribution in [2.45, 2.75) is 33.2 Å². The summed E-state index contributed by atoms with van der Waals surface area (Å²) in [4.78, 5) is 22.7. The average Bonchev–Trinajstić information content (AvgIpc) is 2.83. The van der Waals surface area contributed by atoms with E-state index in [1.54, 1.807) is 6.92 Å². The predicted octanol–water partition coefficient (Wildman–Crippen LogP) is 0.283.